The number of halogens is 4. The first-order valence-electron chi connectivity index (χ1n) is 11.2. The molecule has 6 rings (SSSR count). The van der Waals surface area contributed by atoms with Crippen LogP contribution >= 0.6 is 11.6 Å². The van der Waals surface area contributed by atoms with Gasteiger partial charge in [-0.05, 0) is 12.8 Å². The molecule has 0 aliphatic heterocycles. The van der Waals surface area contributed by atoms with E-state index >= 15 is 4.39 Å². The molecule has 37 heavy (non-hydrogen) atoms. The smallest absolute Gasteiger partial charge is 0.231 e. The number of aromatic amines is 1. The number of nitriles is 1. The van der Waals surface area contributed by atoms with Crippen LogP contribution in [-0.4, -0.2) is 48.7 Å². The molecule has 14 heteroatoms. The maximum Gasteiger partial charge on any atom is 0.231 e. The number of benzene rings is 1. The van der Waals surface area contributed by atoms with Crippen LogP contribution in [0.5, 0.6) is 0 Å². The zero-order valence-corrected chi connectivity index (χ0v) is 19.4. The van der Waals surface area contributed by atoms with Gasteiger partial charge in [-0.3, -0.25) is 19.7 Å². The van der Waals surface area contributed by atoms with Gasteiger partial charge in [-0.15, -0.1) is 0 Å². The Balaban J connectivity index is 1.38. The Bertz CT molecular complexity index is 1650. The molecule has 4 aromatic rings. The summed E-state index contributed by atoms with van der Waals surface area (Å²) in [6.07, 6.45) is 3.57. The summed E-state index contributed by atoms with van der Waals surface area (Å²) < 4.78 is 43.6. The van der Waals surface area contributed by atoms with Gasteiger partial charge >= 0.3 is 0 Å². The first-order valence-corrected chi connectivity index (χ1v) is 11.6. The number of nitrogens with one attached hydrogen (secondary N) is 3. The third-order valence-electron chi connectivity index (χ3n) is 6.48. The predicted molar refractivity (Wildman–Crippen MR) is 124 cm³/mol. The number of fused-ring (bicyclic) bond motifs is 2. The quantitative estimate of drug-likeness (QED) is 0.350. The largest absolute Gasteiger partial charge is 0.336 e. The molecule has 10 nitrogen and oxygen atoms in total. The molecule has 0 bridgehead atoms. The number of alkyl halides is 2. The van der Waals surface area contributed by atoms with Crippen molar-refractivity contribution in [3.8, 4) is 17.3 Å². The van der Waals surface area contributed by atoms with Crippen LogP contribution < -0.4 is 10.6 Å². The predicted octanol–water partition coefficient (Wildman–Crippen LogP) is 3.40. The molecule has 2 saturated carbocycles. The van der Waals surface area contributed by atoms with Crippen LogP contribution in [-0.2, 0) is 9.59 Å². The van der Waals surface area contributed by atoms with E-state index in [2.05, 4.69) is 30.8 Å². The number of nitrogens with zero attached hydrogens (tertiary/aromatic N) is 5. The SMILES string of the molecule is N#CC(NC(=O)[C@@H]1C[C@@H]1F)c1c(F)c(Cl)c(-c2cn3cc(NC(=O)[C@@H]4C[C@@H]4F)nc3cn2)c2cn[nH]c12. The van der Waals surface area contributed by atoms with Crippen molar-refractivity contribution in [1.82, 2.24) is 29.9 Å². The summed E-state index contributed by atoms with van der Waals surface area (Å²) >= 11 is 6.43. The Morgan fingerprint density at radius 1 is 1.19 bits per heavy atom. The number of amides is 2. The second kappa shape index (κ2) is 8.45. The summed E-state index contributed by atoms with van der Waals surface area (Å²) in [6, 6.07) is 0.383. The van der Waals surface area contributed by atoms with Crippen molar-refractivity contribution in [2.75, 3.05) is 5.32 Å². The zero-order valence-electron chi connectivity index (χ0n) is 18.7. The van der Waals surface area contributed by atoms with Crippen LogP contribution in [0.3, 0.4) is 0 Å². The van der Waals surface area contributed by atoms with E-state index in [1.165, 1.54) is 29.2 Å². The highest BCUT2D eigenvalue weighted by molar-refractivity contribution is 6.35. The minimum absolute atomic E-state index is 0.0520. The Kier molecular flexibility index (Phi) is 5.30. The van der Waals surface area contributed by atoms with Crippen LogP contribution in [0.1, 0.15) is 24.4 Å². The van der Waals surface area contributed by atoms with E-state index in [0.717, 1.165) is 0 Å². The van der Waals surface area contributed by atoms with Gasteiger partial charge in [0.2, 0.25) is 11.8 Å². The first-order chi connectivity index (χ1) is 17.8. The number of hydrogen-bond acceptors (Lipinski definition) is 6. The number of H-pyrrole nitrogens is 1. The Labute approximate surface area is 210 Å². The van der Waals surface area contributed by atoms with E-state index in [-0.39, 0.29) is 46.0 Å². The highest BCUT2D eigenvalue weighted by Gasteiger charge is 2.45. The van der Waals surface area contributed by atoms with Gasteiger partial charge < -0.3 is 15.0 Å². The fraction of sp³-hybridized carbons (Fsp3) is 0.304. The van der Waals surface area contributed by atoms with Crippen molar-refractivity contribution < 1.29 is 22.8 Å². The third-order valence-corrected chi connectivity index (χ3v) is 6.83. The van der Waals surface area contributed by atoms with E-state index < -0.39 is 47.9 Å². The van der Waals surface area contributed by atoms with Gasteiger partial charge in [0.15, 0.2) is 17.3 Å². The molecule has 0 spiro atoms. The topological polar surface area (TPSA) is 141 Å². The summed E-state index contributed by atoms with van der Waals surface area (Å²) in [4.78, 5) is 32.8. The van der Waals surface area contributed by atoms with E-state index in [1.54, 1.807) is 0 Å². The highest BCUT2D eigenvalue weighted by Crippen LogP contribution is 2.41. The average molecular weight is 529 g/mol. The first kappa shape index (κ1) is 23.2. The minimum Gasteiger partial charge on any atom is -0.336 e. The molecular weight excluding hydrogens is 513 g/mol. The van der Waals surface area contributed by atoms with Crippen molar-refractivity contribution in [2.45, 2.75) is 31.2 Å². The standard InChI is InChI=1S/C23H16ClF3N8O2/c24-19-17(14-6-35-7-15(32-16(35)5-29-14)33-23(37)9-2-12(9)26)10-4-30-34-21(10)18(20(19)27)13(3-28)31-22(36)8-1-11(8)25/h4-9,11-13H,1-2H2,(H,30,34)(H,31,36)(H,33,37)/t8-,9-,11+,12+,13?/m1/s1. The molecule has 0 saturated heterocycles. The fourth-order valence-corrected chi connectivity index (χ4v) is 4.56. The number of imidazole rings is 1. The van der Waals surface area contributed by atoms with E-state index in [9.17, 15) is 23.6 Å². The molecule has 2 aliphatic rings. The Morgan fingerprint density at radius 2 is 1.89 bits per heavy atom. The average Bonchev–Trinajstić information content (AvgIpc) is 3.67. The maximum atomic E-state index is 15.6. The Morgan fingerprint density at radius 3 is 2.57 bits per heavy atom. The lowest BCUT2D eigenvalue weighted by Crippen LogP contribution is -2.30. The van der Waals surface area contributed by atoms with E-state index in [1.807, 2.05) is 6.07 Å². The van der Waals surface area contributed by atoms with Crippen molar-refractivity contribution in [1.29, 1.82) is 5.26 Å². The van der Waals surface area contributed by atoms with Gasteiger partial charge in [0.1, 0.15) is 18.4 Å². The lowest BCUT2D eigenvalue weighted by Gasteiger charge is -2.17. The van der Waals surface area contributed by atoms with Crippen LogP contribution in [0, 0.1) is 29.0 Å². The van der Waals surface area contributed by atoms with Gasteiger partial charge in [0.25, 0.3) is 0 Å². The zero-order chi connectivity index (χ0) is 26.0. The summed E-state index contributed by atoms with van der Waals surface area (Å²) in [5, 5.41) is 21.1. The molecule has 2 fully saturated rings. The molecule has 1 unspecified atom stereocenters. The molecule has 3 heterocycles. The fourth-order valence-electron chi connectivity index (χ4n) is 4.25. The summed E-state index contributed by atoms with van der Waals surface area (Å²) in [5.41, 5.74) is 0.642. The molecule has 3 N–H and O–H groups in total. The van der Waals surface area contributed by atoms with Gasteiger partial charge in [-0.1, -0.05) is 11.6 Å². The number of carbonyl (C=O) groups excluding carboxylic acids is 2. The second-order valence-electron chi connectivity index (χ2n) is 9.02. The van der Waals surface area contributed by atoms with Crippen LogP contribution in [0.2, 0.25) is 5.02 Å². The normalized spacial score (nSPS) is 23.0. The molecule has 5 atom stereocenters. The van der Waals surface area contributed by atoms with E-state index in [0.29, 0.717) is 11.0 Å². The third kappa shape index (κ3) is 3.93. The van der Waals surface area contributed by atoms with Crippen molar-refractivity contribution in [3.63, 3.8) is 0 Å². The van der Waals surface area contributed by atoms with Gasteiger partial charge in [-0.25, -0.2) is 18.2 Å². The number of rotatable bonds is 6. The summed E-state index contributed by atoms with van der Waals surface area (Å²) in [7, 11) is 0. The van der Waals surface area contributed by atoms with Gasteiger partial charge in [-0.2, -0.15) is 10.4 Å². The molecule has 2 aliphatic carbocycles. The highest BCUT2D eigenvalue weighted by atomic mass is 35.5. The lowest BCUT2D eigenvalue weighted by atomic mass is 9.98. The number of anilines is 1. The molecule has 3 aromatic heterocycles. The summed E-state index contributed by atoms with van der Waals surface area (Å²) in [5.74, 6) is -3.48. The monoisotopic (exact) mass is 528 g/mol. The number of carbonyl (C=O) groups is 2. The molecule has 2 amide bonds. The minimum atomic E-state index is -1.44. The van der Waals surface area contributed by atoms with Crippen LogP contribution in [0.4, 0.5) is 19.0 Å². The van der Waals surface area contributed by atoms with Crippen LogP contribution in [0.25, 0.3) is 27.8 Å². The molecule has 0 radical (unpaired) electrons. The van der Waals surface area contributed by atoms with Crippen LogP contribution in [0.15, 0.2) is 24.8 Å². The molecular formula is C23H16ClF3N8O2. The Hall–Kier alpha value is -4.18. The second-order valence-corrected chi connectivity index (χ2v) is 9.39. The number of aromatic nitrogens is 5. The summed E-state index contributed by atoms with van der Waals surface area (Å²) in [6.45, 7) is 0. The molecule has 188 valence electrons. The van der Waals surface area contributed by atoms with Crippen molar-refractivity contribution >= 4 is 45.8 Å². The maximum absolute atomic E-state index is 15.6. The number of hydrogen-bond donors (Lipinski definition) is 3. The van der Waals surface area contributed by atoms with Crippen molar-refractivity contribution in [2.24, 2.45) is 11.8 Å². The lowest BCUT2D eigenvalue weighted by molar-refractivity contribution is -0.123. The van der Waals surface area contributed by atoms with Gasteiger partial charge in [0, 0.05) is 17.1 Å². The van der Waals surface area contributed by atoms with Gasteiger partial charge in [0.05, 0.1) is 58.3 Å². The molecule has 1 aromatic carbocycles. The van der Waals surface area contributed by atoms with E-state index in [4.69, 9.17) is 11.6 Å². The van der Waals surface area contributed by atoms with Crippen molar-refractivity contribution in [3.05, 3.63) is 41.2 Å².